The molecule has 2 unspecified atom stereocenters. The van der Waals surface area contributed by atoms with Crippen LogP contribution in [0.4, 0.5) is 0 Å². The summed E-state index contributed by atoms with van der Waals surface area (Å²) in [6, 6.07) is 0.611. The number of unbranched alkanes of at least 4 members (excludes halogenated alkanes) is 1. The molecule has 5 heteroatoms. The van der Waals surface area contributed by atoms with Crippen LogP contribution >= 0.6 is 0 Å². The van der Waals surface area contributed by atoms with Gasteiger partial charge in [0.2, 0.25) is 10.0 Å². The molecule has 0 aliphatic carbocycles. The van der Waals surface area contributed by atoms with Crippen molar-refractivity contribution in [3.63, 3.8) is 0 Å². The molecule has 0 aromatic carbocycles. The van der Waals surface area contributed by atoms with E-state index in [1.165, 1.54) is 0 Å². The molecule has 4 nitrogen and oxygen atoms in total. The Morgan fingerprint density at radius 1 is 1.19 bits per heavy atom. The average molecular weight is 248 g/mol. The molecule has 0 aromatic rings. The highest BCUT2D eigenvalue weighted by molar-refractivity contribution is 7.89. The zero-order valence-electron chi connectivity index (χ0n) is 10.8. The standard InChI is InChI=1S/C11H24N2O2S/c1-5-6-7-16(14,15)13-8-10(2)12(4)11(3)9-13/h10-11H,5-9H2,1-4H3. The Bertz CT molecular complexity index is 304. The fourth-order valence-corrected chi connectivity index (χ4v) is 3.84. The number of sulfonamides is 1. The van der Waals surface area contributed by atoms with E-state index in [2.05, 4.69) is 25.8 Å². The van der Waals surface area contributed by atoms with E-state index in [9.17, 15) is 8.42 Å². The van der Waals surface area contributed by atoms with Crippen molar-refractivity contribution in [1.82, 2.24) is 9.21 Å². The third kappa shape index (κ3) is 3.18. The van der Waals surface area contributed by atoms with E-state index in [0.717, 1.165) is 12.8 Å². The van der Waals surface area contributed by atoms with Crippen molar-refractivity contribution < 1.29 is 8.42 Å². The second-order valence-electron chi connectivity index (χ2n) is 4.85. The molecule has 1 saturated heterocycles. The fourth-order valence-electron chi connectivity index (χ4n) is 2.04. The van der Waals surface area contributed by atoms with Crippen molar-refractivity contribution in [3.8, 4) is 0 Å². The number of rotatable bonds is 4. The maximum absolute atomic E-state index is 12.0. The molecule has 0 spiro atoms. The Morgan fingerprint density at radius 3 is 2.12 bits per heavy atom. The lowest BCUT2D eigenvalue weighted by atomic mass is 10.1. The molecule has 1 heterocycles. The molecule has 96 valence electrons. The van der Waals surface area contributed by atoms with Crippen LogP contribution in [0, 0.1) is 0 Å². The molecule has 0 saturated carbocycles. The van der Waals surface area contributed by atoms with Crippen molar-refractivity contribution in [2.45, 2.75) is 45.7 Å². The van der Waals surface area contributed by atoms with Crippen LogP contribution in [0.5, 0.6) is 0 Å². The molecular weight excluding hydrogens is 224 g/mol. The van der Waals surface area contributed by atoms with E-state index < -0.39 is 10.0 Å². The SMILES string of the molecule is CCCCS(=O)(=O)N1CC(C)N(C)C(C)C1. The first kappa shape index (κ1) is 13.9. The number of likely N-dealkylation sites (N-methyl/N-ethyl adjacent to an activating group) is 1. The fraction of sp³-hybridized carbons (Fsp3) is 1.00. The normalized spacial score (nSPS) is 29.5. The van der Waals surface area contributed by atoms with Crippen LogP contribution in [-0.4, -0.2) is 55.6 Å². The molecule has 1 aliphatic heterocycles. The first-order valence-electron chi connectivity index (χ1n) is 6.08. The minimum absolute atomic E-state index is 0.298. The average Bonchev–Trinajstić information content (AvgIpc) is 2.22. The number of nitrogens with zero attached hydrogens (tertiary/aromatic N) is 2. The van der Waals surface area contributed by atoms with Gasteiger partial charge >= 0.3 is 0 Å². The van der Waals surface area contributed by atoms with E-state index in [1.54, 1.807) is 4.31 Å². The van der Waals surface area contributed by atoms with Gasteiger partial charge in [-0.2, -0.15) is 4.31 Å². The van der Waals surface area contributed by atoms with Gasteiger partial charge in [-0.15, -0.1) is 0 Å². The van der Waals surface area contributed by atoms with Gasteiger partial charge in [-0.3, -0.25) is 4.90 Å². The van der Waals surface area contributed by atoms with Crippen molar-refractivity contribution in [2.24, 2.45) is 0 Å². The van der Waals surface area contributed by atoms with Crippen LogP contribution in [-0.2, 0) is 10.0 Å². The van der Waals surface area contributed by atoms with Gasteiger partial charge in [0.15, 0.2) is 0 Å². The zero-order chi connectivity index (χ0) is 12.3. The second-order valence-corrected chi connectivity index (χ2v) is 6.94. The molecule has 2 atom stereocenters. The Morgan fingerprint density at radius 2 is 1.69 bits per heavy atom. The summed E-state index contributed by atoms with van der Waals surface area (Å²) in [4.78, 5) is 2.24. The molecule has 1 rings (SSSR count). The summed E-state index contributed by atoms with van der Waals surface area (Å²) < 4.78 is 25.8. The Balaban J connectivity index is 2.67. The van der Waals surface area contributed by atoms with Gasteiger partial charge in [0.05, 0.1) is 5.75 Å². The van der Waals surface area contributed by atoms with Crippen LogP contribution in [0.1, 0.15) is 33.6 Å². The van der Waals surface area contributed by atoms with E-state index in [-0.39, 0.29) is 0 Å². The number of piperazine rings is 1. The van der Waals surface area contributed by atoms with Gasteiger partial charge in [-0.05, 0) is 27.3 Å². The van der Waals surface area contributed by atoms with E-state index in [4.69, 9.17) is 0 Å². The largest absolute Gasteiger partial charge is 0.298 e. The molecule has 0 N–H and O–H groups in total. The molecule has 0 amide bonds. The van der Waals surface area contributed by atoms with Crippen molar-refractivity contribution in [3.05, 3.63) is 0 Å². The van der Waals surface area contributed by atoms with E-state index in [0.29, 0.717) is 30.9 Å². The molecule has 0 radical (unpaired) electrons. The minimum Gasteiger partial charge on any atom is -0.298 e. The van der Waals surface area contributed by atoms with Gasteiger partial charge in [-0.25, -0.2) is 8.42 Å². The third-order valence-electron chi connectivity index (χ3n) is 3.48. The summed E-state index contributed by atoms with van der Waals surface area (Å²) in [7, 11) is -0.967. The number of hydrogen-bond acceptors (Lipinski definition) is 3. The van der Waals surface area contributed by atoms with Gasteiger partial charge < -0.3 is 0 Å². The second kappa shape index (κ2) is 5.47. The summed E-state index contributed by atoms with van der Waals surface area (Å²) in [5.41, 5.74) is 0. The summed E-state index contributed by atoms with van der Waals surface area (Å²) >= 11 is 0. The highest BCUT2D eigenvalue weighted by atomic mass is 32.2. The predicted octanol–water partition coefficient (Wildman–Crippen LogP) is 1.14. The molecule has 1 aliphatic rings. The first-order chi connectivity index (χ1) is 7.38. The van der Waals surface area contributed by atoms with Crippen LogP contribution in [0.2, 0.25) is 0 Å². The zero-order valence-corrected chi connectivity index (χ0v) is 11.6. The third-order valence-corrected chi connectivity index (χ3v) is 5.36. The van der Waals surface area contributed by atoms with Crippen LogP contribution < -0.4 is 0 Å². The molecular formula is C11H24N2O2S. The van der Waals surface area contributed by atoms with E-state index in [1.807, 2.05) is 6.92 Å². The highest BCUT2D eigenvalue weighted by Crippen LogP contribution is 2.17. The van der Waals surface area contributed by atoms with Crippen LogP contribution in [0.15, 0.2) is 0 Å². The predicted molar refractivity (Wildman–Crippen MR) is 67.0 cm³/mol. The lowest BCUT2D eigenvalue weighted by Gasteiger charge is -2.41. The van der Waals surface area contributed by atoms with Gasteiger partial charge in [0.1, 0.15) is 0 Å². The van der Waals surface area contributed by atoms with Gasteiger partial charge in [0, 0.05) is 25.2 Å². The maximum atomic E-state index is 12.0. The summed E-state index contributed by atoms with van der Waals surface area (Å²) in [6.45, 7) is 7.44. The van der Waals surface area contributed by atoms with Crippen LogP contribution in [0.25, 0.3) is 0 Å². The lowest BCUT2D eigenvalue weighted by Crippen LogP contribution is -2.56. The van der Waals surface area contributed by atoms with Gasteiger partial charge in [-0.1, -0.05) is 13.3 Å². The van der Waals surface area contributed by atoms with Gasteiger partial charge in [0.25, 0.3) is 0 Å². The Hall–Kier alpha value is -0.130. The van der Waals surface area contributed by atoms with Crippen molar-refractivity contribution >= 4 is 10.0 Å². The molecule has 0 bridgehead atoms. The number of hydrogen-bond donors (Lipinski definition) is 0. The molecule has 16 heavy (non-hydrogen) atoms. The molecule has 1 fully saturated rings. The van der Waals surface area contributed by atoms with Crippen molar-refractivity contribution in [2.75, 3.05) is 25.9 Å². The topological polar surface area (TPSA) is 40.6 Å². The minimum atomic E-state index is -3.03. The summed E-state index contributed by atoms with van der Waals surface area (Å²) in [6.07, 6.45) is 1.69. The van der Waals surface area contributed by atoms with Crippen molar-refractivity contribution in [1.29, 1.82) is 0 Å². The monoisotopic (exact) mass is 248 g/mol. The Labute approximate surface area is 99.7 Å². The highest BCUT2D eigenvalue weighted by Gasteiger charge is 2.32. The Kier molecular flexibility index (Phi) is 4.76. The smallest absolute Gasteiger partial charge is 0.214 e. The quantitative estimate of drug-likeness (QED) is 0.749. The summed E-state index contributed by atoms with van der Waals surface area (Å²) in [5.74, 6) is 0.298. The maximum Gasteiger partial charge on any atom is 0.214 e. The first-order valence-corrected chi connectivity index (χ1v) is 7.69. The molecule has 0 aromatic heterocycles. The lowest BCUT2D eigenvalue weighted by molar-refractivity contribution is 0.105. The van der Waals surface area contributed by atoms with Crippen LogP contribution in [0.3, 0.4) is 0 Å². The summed E-state index contributed by atoms with van der Waals surface area (Å²) in [5, 5.41) is 0. The van der Waals surface area contributed by atoms with E-state index >= 15 is 0 Å².